The second-order valence-corrected chi connectivity index (χ2v) is 6.24. The molecule has 0 amide bonds. The van der Waals surface area contributed by atoms with Gasteiger partial charge >= 0.3 is 5.97 Å². The molecule has 2 N–H and O–H groups in total. The first-order chi connectivity index (χ1) is 11.6. The molecule has 5 nitrogen and oxygen atoms in total. The maximum absolute atomic E-state index is 10.9. The van der Waals surface area contributed by atoms with Gasteiger partial charge in [0.1, 0.15) is 0 Å². The van der Waals surface area contributed by atoms with Gasteiger partial charge in [0.05, 0.1) is 5.56 Å². The van der Waals surface area contributed by atoms with Gasteiger partial charge in [0.25, 0.3) is 0 Å². The van der Waals surface area contributed by atoms with Crippen LogP contribution in [0.2, 0.25) is 0 Å². The van der Waals surface area contributed by atoms with Crippen molar-refractivity contribution >= 4 is 11.7 Å². The van der Waals surface area contributed by atoms with Gasteiger partial charge in [0.15, 0.2) is 0 Å². The van der Waals surface area contributed by atoms with Crippen molar-refractivity contribution < 1.29 is 9.90 Å². The molecule has 0 aliphatic carbocycles. The number of carbonyl (C=O) groups is 1. The molecule has 1 saturated heterocycles. The van der Waals surface area contributed by atoms with Crippen LogP contribution in [0.15, 0.2) is 42.6 Å². The highest BCUT2D eigenvalue weighted by molar-refractivity contribution is 5.88. The zero-order valence-corrected chi connectivity index (χ0v) is 13.9. The van der Waals surface area contributed by atoms with Crippen LogP contribution in [0.4, 0.5) is 5.69 Å². The minimum Gasteiger partial charge on any atom is -0.478 e. The van der Waals surface area contributed by atoms with Crippen LogP contribution < -0.4 is 10.2 Å². The Morgan fingerprint density at radius 3 is 2.58 bits per heavy atom. The third-order valence-electron chi connectivity index (χ3n) is 4.67. The number of carboxylic acids is 1. The topological polar surface area (TPSA) is 65.5 Å². The highest BCUT2D eigenvalue weighted by atomic mass is 16.4. The summed E-state index contributed by atoms with van der Waals surface area (Å²) in [5.74, 6) is -0.879. The molecule has 2 heterocycles. The molecule has 1 aromatic heterocycles. The third kappa shape index (κ3) is 3.92. The monoisotopic (exact) mass is 325 g/mol. The molecule has 0 radical (unpaired) electrons. The smallest absolute Gasteiger partial charge is 0.335 e. The van der Waals surface area contributed by atoms with Gasteiger partial charge in [-0.05, 0) is 55.7 Å². The molecule has 2 aromatic rings. The number of nitrogens with one attached hydrogen (secondary N) is 1. The zero-order valence-electron chi connectivity index (χ0n) is 13.9. The SMILES string of the molecule is Cc1ncccc1CNC1CCN(c2ccc(C(=O)O)cc2)CC1. The number of aromatic carboxylic acids is 1. The van der Waals surface area contributed by atoms with Crippen molar-refractivity contribution in [2.24, 2.45) is 0 Å². The van der Waals surface area contributed by atoms with Crippen LogP contribution >= 0.6 is 0 Å². The molecule has 24 heavy (non-hydrogen) atoms. The largest absolute Gasteiger partial charge is 0.478 e. The fourth-order valence-corrected chi connectivity index (χ4v) is 3.12. The van der Waals surface area contributed by atoms with Gasteiger partial charge in [-0.1, -0.05) is 6.07 Å². The zero-order chi connectivity index (χ0) is 16.9. The fraction of sp³-hybridized carbons (Fsp3) is 0.368. The summed E-state index contributed by atoms with van der Waals surface area (Å²) >= 11 is 0. The molecule has 1 aromatic carbocycles. The molecule has 0 saturated carbocycles. The highest BCUT2D eigenvalue weighted by Gasteiger charge is 2.19. The molecule has 1 aliphatic heterocycles. The lowest BCUT2D eigenvalue weighted by Crippen LogP contribution is -2.42. The number of piperidine rings is 1. The van der Waals surface area contributed by atoms with E-state index in [2.05, 4.69) is 21.3 Å². The Morgan fingerprint density at radius 1 is 1.25 bits per heavy atom. The second-order valence-electron chi connectivity index (χ2n) is 6.24. The molecule has 5 heteroatoms. The molecular weight excluding hydrogens is 302 g/mol. The Kier molecular flexibility index (Phi) is 5.11. The number of hydrogen-bond acceptors (Lipinski definition) is 4. The van der Waals surface area contributed by atoms with Crippen molar-refractivity contribution in [3.8, 4) is 0 Å². The molecule has 3 rings (SSSR count). The summed E-state index contributed by atoms with van der Waals surface area (Å²) < 4.78 is 0. The van der Waals surface area contributed by atoms with E-state index in [1.807, 2.05) is 31.3 Å². The van der Waals surface area contributed by atoms with Gasteiger partial charge in [0.2, 0.25) is 0 Å². The predicted octanol–water partition coefficient (Wildman–Crippen LogP) is 2.85. The minimum atomic E-state index is -0.879. The second kappa shape index (κ2) is 7.45. The van der Waals surface area contributed by atoms with Crippen LogP contribution in [0.25, 0.3) is 0 Å². The van der Waals surface area contributed by atoms with E-state index in [1.165, 1.54) is 5.56 Å². The van der Waals surface area contributed by atoms with Gasteiger partial charge in [-0.15, -0.1) is 0 Å². The van der Waals surface area contributed by atoms with Crippen LogP contribution in [0.3, 0.4) is 0 Å². The van der Waals surface area contributed by atoms with Crippen molar-refractivity contribution in [3.63, 3.8) is 0 Å². The normalized spacial score (nSPS) is 15.5. The summed E-state index contributed by atoms with van der Waals surface area (Å²) in [5, 5.41) is 12.6. The standard InChI is InChI=1S/C19H23N3O2/c1-14-16(3-2-10-20-14)13-21-17-8-11-22(12-9-17)18-6-4-15(5-7-18)19(23)24/h2-7,10,17,21H,8-9,11-13H2,1H3,(H,23,24). The van der Waals surface area contributed by atoms with E-state index in [4.69, 9.17) is 5.11 Å². The Bertz CT molecular complexity index is 692. The number of pyridine rings is 1. The van der Waals surface area contributed by atoms with Gasteiger partial charge in [-0.25, -0.2) is 4.79 Å². The Morgan fingerprint density at radius 2 is 1.96 bits per heavy atom. The summed E-state index contributed by atoms with van der Waals surface area (Å²) in [6.45, 7) is 4.87. The van der Waals surface area contributed by atoms with Crippen molar-refractivity contribution in [1.82, 2.24) is 10.3 Å². The number of benzene rings is 1. The van der Waals surface area contributed by atoms with Gasteiger partial charge in [0, 0.05) is 43.3 Å². The number of carboxylic acid groups (broad SMARTS) is 1. The maximum Gasteiger partial charge on any atom is 0.335 e. The fourth-order valence-electron chi connectivity index (χ4n) is 3.12. The summed E-state index contributed by atoms with van der Waals surface area (Å²) in [4.78, 5) is 17.6. The summed E-state index contributed by atoms with van der Waals surface area (Å²) in [5.41, 5.74) is 3.77. The third-order valence-corrected chi connectivity index (χ3v) is 4.67. The van der Waals surface area contributed by atoms with Crippen LogP contribution in [-0.2, 0) is 6.54 Å². The summed E-state index contributed by atoms with van der Waals surface area (Å²) in [7, 11) is 0. The highest BCUT2D eigenvalue weighted by Crippen LogP contribution is 2.21. The minimum absolute atomic E-state index is 0.335. The molecular formula is C19H23N3O2. The first kappa shape index (κ1) is 16.5. The first-order valence-electron chi connectivity index (χ1n) is 8.35. The van der Waals surface area contributed by atoms with Gasteiger partial charge in [-0.2, -0.15) is 0 Å². The lowest BCUT2D eigenvalue weighted by Gasteiger charge is -2.34. The number of aryl methyl sites for hydroxylation is 1. The van der Waals surface area contributed by atoms with E-state index in [0.717, 1.165) is 43.9 Å². The van der Waals surface area contributed by atoms with Crippen LogP contribution in [0, 0.1) is 6.92 Å². The Hall–Kier alpha value is -2.40. The molecule has 0 bridgehead atoms. The van der Waals surface area contributed by atoms with Crippen LogP contribution in [-0.4, -0.2) is 35.2 Å². The number of rotatable bonds is 5. The molecule has 0 spiro atoms. The van der Waals surface area contributed by atoms with Crippen LogP contribution in [0.1, 0.15) is 34.5 Å². The number of nitrogens with zero attached hydrogens (tertiary/aromatic N) is 2. The van der Waals surface area contributed by atoms with Crippen molar-refractivity contribution in [2.45, 2.75) is 32.4 Å². The number of aromatic nitrogens is 1. The van der Waals surface area contributed by atoms with E-state index < -0.39 is 5.97 Å². The van der Waals surface area contributed by atoms with E-state index in [-0.39, 0.29) is 0 Å². The quantitative estimate of drug-likeness (QED) is 0.885. The van der Waals surface area contributed by atoms with Crippen molar-refractivity contribution in [1.29, 1.82) is 0 Å². The van der Waals surface area contributed by atoms with Crippen molar-refractivity contribution in [2.75, 3.05) is 18.0 Å². The molecule has 1 aliphatic rings. The lowest BCUT2D eigenvalue weighted by atomic mass is 10.0. The van der Waals surface area contributed by atoms with Gasteiger partial charge < -0.3 is 15.3 Å². The van der Waals surface area contributed by atoms with Gasteiger partial charge in [-0.3, -0.25) is 4.98 Å². The van der Waals surface area contributed by atoms with E-state index in [0.29, 0.717) is 11.6 Å². The van der Waals surface area contributed by atoms with Crippen LogP contribution in [0.5, 0.6) is 0 Å². The predicted molar refractivity (Wildman–Crippen MR) is 94.5 cm³/mol. The van der Waals surface area contributed by atoms with E-state index in [1.54, 1.807) is 12.1 Å². The van der Waals surface area contributed by atoms with Crippen molar-refractivity contribution in [3.05, 3.63) is 59.4 Å². The molecule has 0 unspecified atom stereocenters. The summed E-state index contributed by atoms with van der Waals surface area (Å²) in [6.07, 6.45) is 3.99. The van der Waals surface area contributed by atoms with E-state index >= 15 is 0 Å². The lowest BCUT2D eigenvalue weighted by molar-refractivity contribution is 0.0697. The average Bonchev–Trinajstić information content (AvgIpc) is 2.62. The summed E-state index contributed by atoms with van der Waals surface area (Å²) in [6, 6.07) is 11.8. The molecule has 0 atom stereocenters. The number of hydrogen-bond donors (Lipinski definition) is 2. The maximum atomic E-state index is 10.9. The average molecular weight is 325 g/mol. The molecule has 1 fully saturated rings. The number of anilines is 1. The van der Waals surface area contributed by atoms with E-state index in [9.17, 15) is 4.79 Å². The molecule has 126 valence electrons. The Labute approximate surface area is 142 Å². The Balaban J connectivity index is 1.50. The first-order valence-corrected chi connectivity index (χ1v) is 8.35.